The summed E-state index contributed by atoms with van der Waals surface area (Å²) in [5.41, 5.74) is -9.91. The van der Waals surface area contributed by atoms with Crippen LogP contribution in [0.1, 0.15) is 4.88 Å². The number of hydrogen-bond donors (Lipinski definition) is 1. The summed E-state index contributed by atoms with van der Waals surface area (Å²) >= 11 is 4.84. The second-order valence-corrected chi connectivity index (χ2v) is 8.54. The number of rotatable bonds is 4. The molecule has 0 amide bonds. The van der Waals surface area contributed by atoms with E-state index in [4.69, 9.17) is 12.2 Å². The molecule has 0 saturated carbocycles. The lowest BCUT2D eigenvalue weighted by Gasteiger charge is -2.10. The van der Waals surface area contributed by atoms with Crippen LogP contribution in [-0.2, 0) is 9.84 Å². The molecule has 142 valence electrons. The van der Waals surface area contributed by atoms with E-state index >= 15 is 0 Å². The second kappa shape index (κ2) is 7.28. The number of hydrogen-bond acceptors (Lipinski definition) is 7. The van der Waals surface area contributed by atoms with Crippen molar-refractivity contribution >= 4 is 56.0 Å². The predicted molar refractivity (Wildman–Crippen MR) is 86.8 cm³/mol. The van der Waals surface area contributed by atoms with Gasteiger partial charge in [0.1, 0.15) is 9.87 Å². The number of nitrogens with zero attached hydrogens (tertiary/aromatic N) is 2. The van der Waals surface area contributed by atoms with Gasteiger partial charge in [-0.2, -0.15) is 26.3 Å². The van der Waals surface area contributed by atoms with Crippen molar-refractivity contribution in [1.82, 2.24) is 9.59 Å². The molecule has 26 heavy (non-hydrogen) atoms. The highest BCUT2D eigenvalue weighted by atomic mass is 32.2. The number of sulfone groups is 1. The molecule has 2 rings (SSSR count). The Balaban J connectivity index is 2.21. The van der Waals surface area contributed by atoms with E-state index in [1.165, 1.54) is 12.1 Å². The fourth-order valence-corrected chi connectivity index (χ4v) is 4.13. The van der Waals surface area contributed by atoms with E-state index in [-0.39, 0.29) is 22.3 Å². The van der Waals surface area contributed by atoms with Gasteiger partial charge in [0.2, 0.25) is 5.03 Å². The molecule has 0 aliphatic rings. The Hall–Kier alpha value is -1.45. The standard InChI is InChI=1S/C11H5F6N3O2S4/c12-10(13,14)24-6-3-1-5(2-4-6)18-8(23)7-9(19-20-25-7)26(21,22)11(15,16)17/h1-4H,(H,18,23). The molecule has 1 aromatic carbocycles. The number of thioether (sulfide) groups is 1. The van der Waals surface area contributed by atoms with Gasteiger partial charge in [0.05, 0.1) is 0 Å². The molecule has 1 aromatic heterocycles. The zero-order valence-corrected chi connectivity index (χ0v) is 15.2. The Kier molecular flexibility index (Phi) is 5.84. The van der Waals surface area contributed by atoms with Gasteiger partial charge in [0, 0.05) is 10.6 Å². The number of aromatic nitrogens is 2. The van der Waals surface area contributed by atoms with Crippen molar-refractivity contribution in [2.75, 3.05) is 5.32 Å². The first-order chi connectivity index (χ1) is 11.8. The number of halogens is 6. The third kappa shape index (κ3) is 4.83. The summed E-state index contributed by atoms with van der Waals surface area (Å²) in [6.45, 7) is 0. The average Bonchev–Trinajstić information content (AvgIpc) is 2.96. The molecule has 1 N–H and O–H groups in total. The first-order valence-electron chi connectivity index (χ1n) is 6.12. The van der Waals surface area contributed by atoms with E-state index in [2.05, 4.69) is 14.9 Å². The second-order valence-electron chi connectivity index (χ2n) is 4.38. The molecule has 0 unspecified atom stereocenters. The quantitative estimate of drug-likeness (QED) is 0.422. The molecule has 1 heterocycles. The smallest absolute Gasteiger partial charge is 0.345 e. The fraction of sp³-hybridized carbons (Fsp3) is 0.182. The molecule has 0 fully saturated rings. The lowest BCUT2D eigenvalue weighted by molar-refractivity contribution is -0.0438. The normalized spacial score (nSPS) is 12.8. The van der Waals surface area contributed by atoms with Gasteiger partial charge in [-0.15, -0.1) is 5.10 Å². The molecule has 15 heteroatoms. The minimum atomic E-state index is -5.75. The average molecular weight is 453 g/mol. The molecule has 0 saturated heterocycles. The van der Waals surface area contributed by atoms with Gasteiger partial charge >= 0.3 is 11.0 Å². The summed E-state index contributed by atoms with van der Waals surface area (Å²) < 4.78 is 101. The van der Waals surface area contributed by atoms with E-state index in [9.17, 15) is 34.8 Å². The highest BCUT2D eigenvalue weighted by Gasteiger charge is 2.50. The van der Waals surface area contributed by atoms with Gasteiger partial charge in [0.25, 0.3) is 9.84 Å². The Bertz CT molecular complexity index is 905. The summed E-state index contributed by atoms with van der Waals surface area (Å²) in [6, 6.07) is 4.63. The zero-order valence-electron chi connectivity index (χ0n) is 11.9. The van der Waals surface area contributed by atoms with Crippen LogP contribution in [0.2, 0.25) is 0 Å². The molecule has 0 aliphatic heterocycles. The maximum atomic E-state index is 12.6. The monoisotopic (exact) mass is 453 g/mol. The maximum Gasteiger partial charge on any atom is 0.503 e. The van der Waals surface area contributed by atoms with Crippen molar-refractivity contribution in [3.8, 4) is 0 Å². The number of alkyl halides is 6. The van der Waals surface area contributed by atoms with Gasteiger partial charge in [-0.3, -0.25) is 0 Å². The first-order valence-corrected chi connectivity index (χ1v) is 9.60. The highest BCUT2D eigenvalue weighted by Crippen LogP contribution is 2.37. The Labute approximate surface area is 155 Å². The van der Waals surface area contributed by atoms with Gasteiger partial charge < -0.3 is 5.32 Å². The summed E-state index contributed by atoms with van der Waals surface area (Å²) in [5.74, 6) is 0. The minimum absolute atomic E-state index is 0.117. The van der Waals surface area contributed by atoms with Crippen LogP contribution in [0.5, 0.6) is 0 Å². The van der Waals surface area contributed by atoms with Crippen molar-refractivity contribution < 1.29 is 34.8 Å². The van der Waals surface area contributed by atoms with Crippen LogP contribution in [0.3, 0.4) is 0 Å². The van der Waals surface area contributed by atoms with Crippen LogP contribution < -0.4 is 5.32 Å². The van der Waals surface area contributed by atoms with Crippen molar-refractivity contribution in [2.45, 2.75) is 20.9 Å². The Morgan fingerprint density at radius 3 is 2.19 bits per heavy atom. The minimum Gasteiger partial charge on any atom is -0.345 e. The van der Waals surface area contributed by atoms with Crippen LogP contribution in [0.15, 0.2) is 34.2 Å². The van der Waals surface area contributed by atoms with Crippen LogP contribution in [0.4, 0.5) is 32.0 Å². The van der Waals surface area contributed by atoms with Crippen LogP contribution in [-0.4, -0.2) is 34.0 Å². The van der Waals surface area contributed by atoms with Gasteiger partial charge in [-0.05, 0) is 47.6 Å². The molecule has 0 spiro atoms. The fourth-order valence-electron chi connectivity index (χ4n) is 1.53. The third-order valence-corrected chi connectivity index (χ3v) is 6.02. The largest absolute Gasteiger partial charge is 0.503 e. The molecule has 0 bridgehead atoms. The first kappa shape index (κ1) is 20.9. The van der Waals surface area contributed by atoms with Gasteiger partial charge in [0.15, 0.2) is 0 Å². The third-order valence-electron chi connectivity index (χ3n) is 2.57. The summed E-state index contributed by atoms with van der Waals surface area (Å²) in [5, 5.41) is 4.08. The molecular weight excluding hydrogens is 448 g/mol. The number of thiocarbonyl (C=S) groups is 1. The number of nitrogens with one attached hydrogen (secondary N) is 1. The molecule has 0 radical (unpaired) electrons. The van der Waals surface area contributed by atoms with Gasteiger partial charge in [-0.25, -0.2) is 8.42 Å². The number of anilines is 1. The highest BCUT2D eigenvalue weighted by molar-refractivity contribution is 8.00. The van der Waals surface area contributed by atoms with Crippen LogP contribution in [0, 0.1) is 0 Å². The van der Waals surface area contributed by atoms with E-state index in [1.54, 1.807) is 0 Å². The van der Waals surface area contributed by atoms with E-state index < -0.39 is 35.7 Å². The van der Waals surface area contributed by atoms with Crippen molar-refractivity contribution in [2.24, 2.45) is 0 Å². The van der Waals surface area contributed by atoms with Crippen molar-refractivity contribution in [1.29, 1.82) is 0 Å². The number of benzene rings is 1. The zero-order chi connectivity index (χ0) is 19.8. The van der Waals surface area contributed by atoms with E-state index in [0.717, 1.165) is 12.1 Å². The summed E-state index contributed by atoms with van der Waals surface area (Å²) in [6.07, 6.45) is 0. The SMILES string of the molecule is O=S(=O)(c1nnsc1C(=S)Nc1ccc(SC(F)(F)F)cc1)C(F)(F)F. The summed E-state index contributed by atoms with van der Waals surface area (Å²) in [7, 11) is -5.75. The Morgan fingerprint density at radius 1 is 1.12 bits per heavy atom. The lowest BCUT2D eigenvalue weighted by atomic mass is 10.3. The molecule has 0 aliphatic carbocycles. The van der Waals surface area contributed by atoms with E-state index in [0.29, 0.717) is 11.5 Å². The Morgan fingerprint density at radius 2 is 1.69 bits per heavy atom. The topological polar surface area (TPSA) is 72.0 Å². The van der Waals surface area contributed by atoms with Crippen molar-refractivity contribution in [3.05, 3.63) is 29.1 Å². The molecule has 2 aromatic rings. The van der Waals surface area contributed by atoms with E-state index in [1.807, 2.05) is 0 Å². The lowest BCUT2D eigenvalue weighted by Crippen LogP contribution is -2.26. The van der Waals surface area contributed by atoms with Crippen molar-refractivity contribution in [3.63, 3.8) is 0 Å². The van der Waals surface area contributed by atoms with Gasteiger partial charge in [-0.1, -0.05) is 16.7 Å². The maximum absolute atomic E-state index is 12.6. The van der Waals surface area contributed by atoms with Crippen LogP contribution in [0.25, 0.3) is 0 Å². The predicted octanol–water partition coefficient (Wildman–Crippen LogP) is 4.23. The molecule has 0 atom stereocenters. The summed E-state index contributed by atoms with van der Waals surface area (Å²) in [4.78, 5) is -1.07. The molecule has 5 nitrogen and oxygen atoms in total. The van der Waals surface area contributed by atoms with Crippen LogP contribution >= 0.6 is 35.5 Å². The molecular formula is C11H5F6N3O2S4.